The number of aromatic nitrogens is 3. The van der Waals surface area contributed by atoms with E-state index >= 15 is 0 Å². The van der Waals surface area contributed by atoms with Gasteiger partial charge in [-0.25, -0.2) is 4.98 Å². The quantitative estimate of drug-likeness (QED) is 0.751. The van der Waals surface area contributed by atoms with Crippen molar-refractivity contribution in [3.63, 3.8) is 0 Å². The number of hydrogen-bond donors (Lipinski definition) is 1. The van der Waals surface area contributed by atoms with Gasteiger partial charge in [-0.2, -0.15) is 5.10 Å². The number of hydrogen-bond acceptors (Lipinski definition) is 5. The van der Waals surface area contributed by atoms with E-state index in [9.17, 15) is 0 Å². The lowest BCUT2D eigenvalue weighted by molar-refractivity contribution is 0.200. The Balaban J connectivity index is 1.47. The first-order valence-electron chi connectivity index (χ1n) is 10.1. The van der Waals surface area contributed by atoms with Crippen molar-refractivity contribution in [3.8, 4) is 17.0 Å². The van der Waals surface area contributed by atoms with Gasteiger partial charge in [-0.15, -0.1) is 0 Å². The van der Waals surface area contributed by atoms with Crippen molar-refractivity contribution in [1.29, 1.82) is 0 Å². The highest BCUT2D eigenvalue weighted by molar-refractivity contribution is 5.94. The number of benzene rings is 1. The zero-order chi connectivity index (χ0) is 19.3. The first-order chi connectivity index (χ1) is 13.5. The van der Waals surface area contributed by atoms with Gasteiger partial charge in [0.25, 0.3) is 0 Å². The van der Waals surface area contributed by atoms with Crippen molar-refractivity contribution in [2.45, 2.75) is 38.3 Å². The average Bonchev–Trinajstić information content (AvgIpc) is 3.26. The molecule has 6 heteroatoms. The van der Waals surface area contributed by atoms with Crippen molar-refractivity contribution >= 4 is 16.7 Å². The summed E-state index contributed by atoms with van der Waals surface area (Å²) in [6, 6.07) is 10.9. The number of H-pyrrole nitrogens is 1. The Morgan fingerprint density at radius 3 is 2.82 bits per heavy atom. The molecule has 0 radical (unpaired) electrons. The van der Waals surface area contributed by atoms with Crippen LogP contribution in [0.1, 0.15) is 26.7 Å². The number of rotatable bonds is 4. The molecule has 1 aliphatic carbocycles. The second-order valence-electron chi connectivity index (χ2n) is 8.51. The first kappa shape index (κ1) is 17.5. The summed E-state index contributed by atoms with van der Waals surface area (Å²) < 4.78 is 6.16. The largest absolute Gasteiger partial charge is 0.488 e. The number of aromatic amines is 1. The monoisotopic (exact) mass is 377 g/mol. The lowest BCUT2D eigenvalue weighted by atomic mass is 10.1. The summed E-state index contributed by atoms with van der Waals surface area (Å²) in [6.45, 7) is 7.47. The summed E-state index contributed by atoms with van der Waals surface area (Å²) in [4.78, 5) is 9.39. The summed E-state index contributed by atoms with van der Waals surface area (Å²) in [5, 5.41) is 8.84. The third-order valence-electron chi connectivity index (χ3n) is 6.16. The molecule has 1 N–H and O–H groups in total. The summed E-state index contributed by atoms with van der Waals surface area (Å²) in [5.74, 6) is 1.93. The molecule has 1 aromatic carbocycles. The predicted octanol–water partition coefficient (Wildman–Crippen LogP) is 3.70. The summed E-state index contributed by atoms with van der Waals surface area (Å²) in [6.07, 6.45) is 4.14. The molecule has 5 rings (SSSR count). The van der Waals surface area contributed by atoms with E-state index in [2.05, 4.69) is 64.1 Å². The maximum atomic E-state index is 6.16. The van der Waals surface area contributed by atoms with E-state index < -0.39 is 0 Å². The molecular formula is C22H27N5O. The maximum absolute atomic E-state index is 6.16. The Kier molecular flexibility index (Phi) is 4.05. The standard InChI is InChI=1S/C22H27N5O/c1-15-14-27(11-10-26(15)3)20-12-16(6-9-23-20)21-18-13-17(28-22(2)7-8-22)4-5-19(18)24-25-21/h4-6,9,12-13,15H,7-8,10-11,14H2,1-3H3,(H,24,25)/t15-/m0/s1. The summed E-state index contributed by atoms with van der Waals surface area (Å²) >= 11 is 0. The van der Waals surface area contributed by atoms with Crippen molar-refractivity contribution in [1.82, 2.24) is 20.1 Å². The normalized spacial score (nSPS) is 21.8. The van der Waals surface area contributed by atoms with Gasteiger partial charge in [0, 0.05) is 42.8 Å². The minimum absolute atomic E-state index is 0.0134. The van der Waals surface area contributed by atoms with E-state index in [4.69, 9.17) is 4.74 Å². The van der Waals surface area contributed by atoms with E-state index in [1.807, 2.05) is 18.3 Å². The topological polar surface area (TPSA) is 57.3 Å². The molecule has 3 heterocycles. The van der Waals surface area contributed by atoms with Crippen LogP contribution in [-0.2, 0) is 0 Å². The summed E-state index contributed by atoms with van der Waals surface area (Å²) in [5.41, 5.74) is 3.07. The lowest BCUT2D eigenvalue weighted by Gasteiger charge is -2.38. The lowest BCUT2D eigenvalue weighted by Crippen LogP contribution is -2.50. The molecule has 1 saturated heterocycles. The molecular weight excluding hydrogens is 350 g/mol. The Labute approximate surface area is 165 Å². The van der Waals surface area contributed by atoms with Gasteiger partial charge in [-0.3, -0.25) is 5.10 Å². The Bertz CT molecular complexity index is 1010. The van der Waals surface area contributed by atoms with Crippen molar-refractivity contribution < 1.29 is 4.74 Å². The summed E-state index contributed by atoms with van der Waals surface area (Å²) in [7, 11) is 2.18. The molecule has 1 aliphatic heterocycles. The second-order valence-corrected chi connectivity index (χ2v) is 8.51. The van der Waals surface area contributed by atoms with Gasteiger partial charge >= 0.3 is 0 Å². The van der Waals surface area contributed by atoms with Gasteiger partial charge in [0.2, 0.25) is 0 Å². The third kappa shape index (κ3) is 3.22. The Morgan fingerprint density at radius 1 is 1.18 bits per heavy atom. The minimum atomic E-state index is 0.0134. The Hall–Kier alpha value is -2.60. The molecule has 2 fully saturated rings. The number of ether oxygens (including phenoxy) is 1. The molecule has 1 atom stereocenters. The number of fused-ring (bicyclic) bond motifs is 1. The van der Waals surface area contributed by atoms with Gasteiger partial charge < -0.3 is 14.5 Å². The van der Waals surface area contributed by atoms with Crippen LogP contribution in [0.4, 0.5) is 5.82 Å². The van der Waals surface area contributed by atoms with Crippen LogP contribution in [0.2, 0.25) is 0 Å². The highest BCUT2D eigenvalue weighted by atomic mass is 16.5. The van der Waals surface area contributed by atoms with Crippen LogP contribution < -0.4 is 9.64 Å². The molecule has 2 aliphatic rings. The van der Waals surface area contributed by atoms with Crippen LogP contribution in [0.15, 0.2) is 36.5 Å². The van der Waals surface area contributed by atoms with E-state index in [0.29, 0.717) is 6.04 Å². The molecule has 0 spiro atoms. The van der Waals surface area contributed by atoms with Crippen LogP contribution in [0, 0.1) is 0 Å². The number of nitrogens with zero attached hydrogens (tertiary/aromatic N) is 4. The first-order valence-corrected chi connectivity index (χ1v) is 10.1. The van der Waals surface area contributed by atoms with Crippen LogP contribution in [-0.4, -0.2) is 58.4 Å². The number of pyridine rings is 1. The minimum Gasteiger partial charge on any atom is -0.488 e. The van der Waals surface area contributed by atoms with Crippen molar-refractivity contribution in [2.75, 3.05) is 31.6 Å². The van der Waals surface area contributed by atoms with E-state index in [0.717, 1.165) is 66.2 Å². The molecule has 28 heavy (non-hydrogen) atoms. The maximum Gasteiger partial charge on any atom is 0.129 e. The predicted molar refractivity (Wildman–Crippen MR) is 112 cm³/mol. The molecule has 0 amide bonds. The molecule has 3 aromatic rings. The SMILES string of the molecule is C[C@H]1CN(c2cc(-c3n[nH]c4ccc(OC5(C)CC5)cc34)ccn2)CCN1C. The van der Waals surface area contributed by atoms with E-state index in [1.54, 1.807) is 0 Å². The molecule has 0 bridgehead atoms. The van der Waals surface area contributed by atoms with Gasteiger partial charge in [-0.1, -0.05) is 0 Å². The van der Waals surface area contributed by atoms with Crippen LogP contribution >= 0.6 is 0 Å². The molecule has 2 aromatic heterocycles. The number of piperazine rings is 1. The number of anilines is 1. The highest BCUT2D eigenvalue weighted by Gasteiger charge is 2.40. The van der Waals surface area contributed by atoms with E-state index in [-0.39, 0.29) is 5.60 Å². The smallest absolute Gasteiger partial charge is 0.129 e. The van der Waals surface area contributed by atoms with Crippen molar-refractivity contribution in [3.05, 3.63) is 36.5 Å². The molecule has 146 valence electrons. The molecule has 0 unspecified atom stereocenters. The molecule has 6 nitrogen and oxygen atoms in total. The van der Waals surface area contributed by atoms with Crippen molar-refractivity contribution in [2.24, 2.45) is 0 Å². The van der Waals surface area contributed by atoms with E-state index in [1.165, 1.54) is 0 Å². The number of nitrogens with one attached hydrogen (secondary N) is 1. The fourth-order valence-electron chi connectivity index (χ4n) is 3.83. The highest BCUT2D eigenvalue weighted by Crippen LogP contribution is 2.40. The Morgan fingerprint density at radius 2 is 2.04 bits per heavy atom. The van der Waals surface area contributed by atoms with Crippen LogP contribution in [0.5, 0.6) is 5.75 Å². The molecule has 1 saturated carbocycles. The third-order valence-corrected chi connectivity index (χ3v) is 6.16. The fourth-order valence-corrected chi connectivity index (χ4v) is 3.83. The van der Waals surface area contributed by atoms with Gasteiger partial charge in [0.1, 0.15) is 22.9 Å². The van der Waals surface area contributed by atoms with Crippen LogP contribution in [0.3, 0.4) is 0 Å². The van der Waals surface area contributed by atoms with Crippen LogP contribution in [0.25, 0.3) is 22.2 Å². The number of likely N-dealkylation sites (N-methyl/N-ethyl adjacent to an activating group) is 1. The second kappa shape index (κ2) is 6.48. The fraction of sp³-hybridized carbons (Fsp3) is 0.455. The van der Waals surface area contributed by atoms with Gasteiger partial charge in [-0.05, 0) is 64.1 Å². The van der Waals surface area contributed by atoms with Gasteiger partial charge in [0.05, 0.1) is 5.52 Å². The zero-order valence-electron chi connectivity index (χ0n) is 16.8. The zero-order valence-corrected chi connectivity index (χ0v) is 16.8. The van der Waals surface area contributed by atoms with Gasteiger partial charge in [0.15, 0.2) is 0 Å². The average molecular weight is 377 g/mol.